The molecule has 1 heterocycles. The van der Waals surface area contributed by atoms with Crippen LogP contribution in [0.2, 0.25) is 5.02 Å². The predicted octanol–water partition coefficient (Wildman–Crippen LogP) is 3.54. The van der Waals surface area contributed by atoms with Gasteiger partial charge < -0.3 is 10.1 Å². The minimum absolute atomic E-state index is 0.348. The van der Waals surface area contributed by atoms with Gasteiger partial charge in [0.05, 0.1) is 7.11 Å². The third-order valence-electron chi connectivity index (χ3n) is 2.46. The molecule has 2 rings (SSSR count). The van der Waals surface area contributed by atoms with Crippen LogP contribution in [0.25, 0.3) is 0 Å². The van der Waals surface area contributed by atoms with Gasteiger partial charge in [-0.15, -0.1) is 0 Å². The van der Waals surface area contributed by atoms with E-state index < -0.39 is 23.4 Å². The van der Waals surface area contributed by atoms with Crippen molar-refractivity contribution in [2.75, 3.05) is 12.4 Å². The van der Waals surface area contributed by atoms with E-state index in [4.69, 9.17) is 11.6 Å². The van der Waals surface area contributed by atoms with Crippen LogP contribution in [0.5, 0.6) is 0 Å². The van der Waals surface area contributed by atoms with E-state index in [9.17, 15) is 13.6 Å². The third kappa shape index (κ3) is 2.70. The van der Waals surface area contributed by atoms with Crippen molar-refractivity contribution in [3.63, 3.8) is 0 Å². The van der Waals surface area contributed by atoms with Crippen LogP contribution in [0.4, 0.5) is 20.2 Å². The summed E-state index contributed by atoms with van der Waals surface area (Å²) in [5.41, 5.74) is -0.382. The van der Waals surface area contributed by atoms with Gasteiger partial charge in [-0.25, -0.2) is 9.78 Å². The lowest BCUT2D eigenvalue weighted by molar-refractivity contribution is 0.0592. The largest absolute Gasteiger partial charge is 0.464 e. The minimum Gasteiger partial charge on any atom is -0.464 e. The number of anilines is 2. The van der Waals surface area contributed by atoms with E-state index in [-0.39, 0.29) is 10.7 Å². The number of nitrogens with zero attached hydrogens (tertiary/aromatic N) is 1. The van der Waals surface area contributed by atoms with Crippen molar-refractivity contribution in [2.24, 2.45) is 0 Å². The van der Waals surface area contributed by atoms with Crippen molar-refractivity contribution in [1.29, 1.82) is 0 Å². The average molecular weight is 299 g/mol. The lowest BCUT2D eigenvalue weighted by Crippen LogP contribution is -2.11. The number of rotatable bonds is 3. The summed E-state index contributed by atoms with van der Waals surface area (Å²) in [6.45, 7) is 0. The van der Waals surface area contributed by atoms with E-state index >= 15 is 0 Å². The Bertz CT molecular complexity index is 651. The standard InChI is InChI=1S/C13H9ClF2N2O2/c1-20-13(19)11-8(14)10(9(15)12(16)18-11)17-7-5-3-2-4-6-7/h2-6H,1H3,(H,17,18). The number of hydrogen-bond donors (Lipinski definition) is 1. The Morgan fingerprint density at radius 2 is 1.95 bits per heavy atom. The first-order valence-electron chi connectivity index (χ1n) is 5.49. The SMILES string of the molecule is COC(=O)c1nc(F)c(F)c(Nc2ccccc2)c1Cl. The number of ether oxygens (including phenoxy) is 1. The van der Waals surface area contributed by atoms with Gasteiger partial charge >= 0.3 is 5.97 Å². The molecule has 0 spiro atoms. The molecule has 4 nitrogen and oxygen atoms in total. The predicted molar refractivity (Wildman–Crippen MR) is 70.2 cm³/mol. The number of hydrogen-bond acceptors (Lipinski definition) is 4. The van der Waals surface area contributed by atoms with Gasteiger partial charge in [0.2, 0.25) is 5.82 Å². The van der Waals surface area contributed by atoms with E-state index in [1.807, 2.05) is 0 Å². The normalized spacial score (nSPS) is 10.2. The van der Waals surface area contributed by atoms with Gasteiger partial charge in [-0.1, -0.05) is 29.8 Å². The molecule has 0 saturated heterocycles. The number of halogens is 3. The van der Waals surface area contributed by atoms with Crippen LogP contribution in [0, 0.1) is 11.8 Å². The Labute approximate surface area is 118 Å². The summed E-state index contributed by atoms with van der Waals surface area (Å²) >= 11 is 5.88. The number of pyridine rings is 1. The van der Waals surface area contributed by atoms with Gasteiger partial charge in [-0.3, -0.25) is 0 Å². The molecule has 0 bridgehead atoms. The van der Waals surface area contributed by atoms with Crippen LogP contribution in [0.1, 0.15) is 10.5 Å². The highest BCUT2D eigenvalue weighted by Gasteiger charge is 2.23. The molecule has 20 heavy (non-hydrogen) atoms. The first-order chi connectivity index (χ1) is 9.54. The smallest absolute Gasteiger partial charge is 0.358 e. The Hall–Kier alpha value is -2.21. The number of carbonyl (C=O) groups excluding carboxylic acids is 1. The highest BCUT2D eigenvalue weighted by atomic mass is 35.5. The van der Waals surface area contributed by atoms with Crippen LogP contribution < -0.4 is 5.32 Å². The fraction of sp³-hybridized carbons (Fsp3) is 0.0769. The Morgan fingerprint density at radius 3 is 2.55 bits per heavy atom. The molecule has 7 heteroatoms. The van der Waals surface area contributed by atoms with Gasteiger partial charge in [0.1, 0.15) is 10.7 Å². The van der Waals surface area contributed by atoms with E-state index in [1.54, 1.807) is 30.3 Å². The van der Waals surface area contributed by atoms with Crippen molar-refractivity contribution in [3.8, 4) is 0 Å². The first-order valence-corrected chi connectivity index (χ1v) is 5.87. The van der Waals surface area contributed by atoms with Crippen molar-refractivity contribution in [2.45, 2.75) is 0 Å². The third-order valence-corrected chi connectivity index (χ3v) is 2.83. The number of aromatic nitrogens is 1. The summed E-state index contributed by atoms with van der Waals surface area (Å²) in [5.74, 6) is -3.66. The second-order valence-electron chi connectivity index (χ2n) is 3.74. The monoisotopic (exact) mass is 298 g/mol. The van der Waals surface area contributed by atoms with E-state index in [1.165, 1.54) is 0 Å². The summed E-state index contributed by atoms with van der Waals surface area (Å²) in [4.78, 5) is 14.6. The van der Waals surface area contributed by atoms with Crippen LogP contribution in [-0.4, -0.2) is 18.1 Å². The number of nitrogens with one attached hydrogen (secondary N) is 1. The Morgan fingerprint density at radius 1 is 1.30 bits per heavy atom. The topological polar surface area (TPSA) is 51.2 Å². The first kappa shape index (κ1) is 14.2. The molecule has 0 amide bonds. The molecule has 0 unspecified atom stereocenters. The zero-order valence-electron chi connectivity index (χ0n) is 10.3. The van der Waals surface area contributed by atoms with E-state index in [0.29, 0.717) is 5.69 Å². The molecule has 0 aliphatic rings. The molecule has 0 atom stereocenters. The van der Waals surface area contributed by atoms with Crippen LogP contribution in [-0.2, 0) is 4.74 Å². The minimum atomic E-state index is -1.44. The molecule has 0 fully saturated rings. The van der Waals surface area contributed by atoms with Gasteiger partial charge in [-0.2, -0.15) is 8.78 Å². The summed E-state index contributed by atoms with van der Waals surface area (Å²) in [5, 5.41) is 2.26. The van der Waals surface area contributed by atoms with Crippen LogP contribution in [0.3, 0.4) is 0 Å². The van der Waals surface area contributed by atoms with Crippen LogP contribution >= 0.6 is 11.6 Å². The van der Waals surface area contributed by atoms with Crippen molar-refractivity contribution >= 4 is 28.9 Å². The number of esters is 1. The zero-order chi connectivity index (χ0) is 14.7. The molecule has 1 N–H and O–H groups in total. The Kier molecular flexibility index (Phi) is 4.14. The number of para-hydroxylation sites is 1. The average Bonchev–Trinajstić information content (AvgIpc) is 2.47. The molecular formula is C13H9ClF2N2O2. The highest BCUT2D eigenvalue weighted by molar-refractivity contribution is 6.36. The molecule has 1 aromatic carbocycles. The second-order valence-corrected chi connectivity index (χ2v) is 4.11. The number of benzene rings is 1. The van der Waals surface area contributed by atoms with Crippen molar-refractivity contribution in [3.05, 3.63) is 52.8 Å². The maximum absolute atomic E-state index is 13.8. The van der Waals surface area contributed by atoms with Crippen LogP contribution in [0.15, 0.2) is 30.3 Å². The van der Waals surface area contributed by atoms with Gasteiger partial charge in [0, 0.05) is 5.69 Å². The summed E-state index contributed by atoms with van der Waals surface area (Å²) < 4.78 is 31.6. The van der Waals surface area contributed by atoms with Crippen molar-refractivity contribution < 1.29 is 18.3 Å². The molecule has 0 aliphatic heterocycles. The molecule has 2 aromatic rings. The molecule has 1 aromatic heterocycles. The maximum Gasteiger partial charge on any atom is 0.358 e. The lowest BCUT2D eigenvalue weighted by atomic mass is 10.2. The second kappa shape index (κ2) is 5.83. The van der Waals surface area contributed by atoms with E-state index in [0.717, 1.165) is 7.11 Å². The number of methoxy groups -OCH3 is 1. The molecular weight excluding hydrogens is 290 g/mol. The lowest BCUT2D eigenvalue weighted by Gasteiger charge is -2.12. The van der Waals surface area contributed by atoms with Crippen molar-refractivity contribution in [1.82, 2.24) is 4.98 Å². The Balaban J connectivity index is 2.51. The van der Waals surface area contributed by atoms with Gasteiger partial charge in [0.15, 0.2) is 5.69 Å². The highest BCUT2D eigenvalue weighted by Crippen LogP contribution is 2.31. The molecule has 0 aliphatic carbocycles. The fourth-order valence-electron chi connectivity index (χ4n) is 1.52. The number of carbonyl (C=O) groups is 1. The maximum atomic E-state index is 13.8. The van der Waals surface area contributed by atoms with Gasteiger partial charge in [0.25, 0.3) is 5.95 Å². The molecule has 104 valence electrons. The quantitative estimate of drug-likeness (QED) is 0.695. The zero-order valence-corrected chi connectivity index (χ0v) is 11.0. The summed E-state index contributed by atoms with van der Waals surface area (Å²) in [6, 6.07) is 8.42. The fourth-order valence-corrected chi connectivity index (χ4v) is 1.77. The molecule has 0 radical (unpaired) electrons. The summed E-state index contributed by atoms with van der Waals surface area (Å²) in [7, 11) is 1.09. The van der Waals surface area contributed by atoms with Gasteiger partial charge in [-0.05, 0) is 12.1 Å². The van der Waals surface area contributed by atoms with E-state index in [2.05, 4.69) is 15.0 Å². The molecule has 0 saturated carbocycles. The summed E-state index contributed by atoms with van der Waals surface area (Å²) in [6.07, 6.45) is 0.